The number of thioether (sulfide) groups is 1. The number of esters is 2. The van der Waals surface area contributed by atoms with Crippen LogP contribution in [0.4, 0.5) is 23.2 Å². The molecule has 8 unspecified atom stereocenters. The summed E-state index contributed by atoms with van der Waals surface area (Å²) in [6.45, 7) is 7.37. The highest BCUT2D eigenvalue weighted by molar-refractivity contribution is 8.13. The lowest BCUT2D eigenvalue weighted by molar-refractivity contribution is -0.219. The van der Waals surface area contributed by atoms with E-state index in [0.29, 0.717) is 0 Å². The van der Waals surface area contributed by atoms with Crippen molar-refractivity contribution in [1.82, 2.24) is 5.32 Å². The van der Waals surface area contributed by atoms with Gasteiger partial charge in [0.15, 0.2) is 17.1 Å². The van der Waals surface area contributed by atoms with Gasteiger partial charge in [-0.05, 0) is 113 Å². The van der Waals surface area contributed by atoms with Gasteiger partial charge in [-0.15, -0.1) is 0 Å². The number of ketones is 1. The molecule has 0 heterocycles. The lowest BCUT2D eigenvalue weighted by Crippen LogP contribution is -2.70. The van der Waals surface area contributed by atoms with Crippen LogP contribution in [-0.4, -0.2) is 87.5 Å². The van der Waals surface area contributed by atoms with Crippen LogP contribution in [0.25, 0.3) is 0 Å². The van der Waals surface area contributed by atoms with Crippen LogP contribution in [0.15, 0.2) is 42.0 Å². The number of carbonyl (C=O) groups is 6. The maximum Gasteiger partial charge on any atom is 0.339 e. The summed E-state index contributed by atoms with van der Waals surface area (Å²) in [4.78, 5) is 77.8. The topological polar surface area (TPSA) is 191 Å². The minimum atomic E-state index is -2.49. The van der Waals surface area contributed by atoms with Crippen LogP contribution in [0.5, 0.6) is 0 Å². The van der Waals surface area contributed by atoms with E-state index in [4.69, 9.17) is 15.2 Å². The molecule has 56 heavy (non-hydrogen) atoms. The van der Waals surface area contributed by atoms with E-state index in [1.54, 1.807) is 20.8 Å². The zero-order chi connectivity index (χ0) is 41.6. The fourth-order valence-corrected chi connectivity index (χ4v) is 9.97. The molecule has 0 aromatic heterocycles. The number of fused-ring (bicyclic) bond motifs is 5. The van der Waals surface area contributed by atoms with Gasteiger partial charge in [-0.2, -0.15) is 0 Å². The molecule has 9 atom stereocenters. The van der Waals surface area contributed by atoms with Crippen LogP contribution >= 0.6 is 11.8 Å². The number of nitrogens with two attached hydrogens (primary N) is 1. The van der Waals surface area contributed by atoms with Crippen LogP contribution in [0.2, 0.25) is 0 Å². The summed E-state index contributed by atoms with van der Waals surface area (Å²) in [5, 5.41) is 15.4. The van der Waals surface area contributed by atoms with E-state index in [2.05, 4.69) is 10.6 Å². The third-order valence-electron chi connectivity index (χ3n) is 11.9. The van der Waals surface area contributed by atoms with E-state index >= 15 is 13.2 Å². The minimum Gasteiger partial charge on any atom is -0.460 e. The number of allylic oxidation sites excluding steroid dienone is 4. The molecule has 1 aromatic rings. The van der Waals surface area contributed by atoms with Gasteiger partial charge in [0.05, 0.1) is 23.9 Å². The molecule has 0 bridgehead atoms. The number of aliphatic hydroxyl groups is 1. The Kier molecular flexibility index (Phi) is 12.1. The second-order valence-corrected chi connectivity index (χ2v) is 17.2. The van der Waals surface area contributed by atoms with Crippen LogP contribution in [0.3, 0.4) is 0 Å². The predicted octanol–water partition coefficient (Wildman–Crippen LogP) is 4.73. The van der Waals surface area contributed by atoms with E-state index < -0.39 is 129 Å². The van der Waals surface area contributed by atoms with Gasteiger partial charge < -0.3 is 30.9 Å². The van der Waals surface area contributed by atoms with Crippen molar-refractivity contribution >= 4 is 52.1 Å². The Morgan fingerprint density at radius 2 is 1.84 bits per heavy atom. The van der Waals surface area contributed by atoms with E-state index in [1.807, 2.05) is 0 Å². The van der Waals surface area contributed by atoms with Crippen molar-refractivity contribution in [1.29, 1.82) is 0 Å². The molecule has 0 saturated heterocycles. The summed E-state index contributed by atoms with van der Waals surface area (Å²) in [5.41, 5.74) is -4.34. The number of alkyl halides is 3. The van der Waals surface area contributed by atoms with Gasteiger partial charge in [-0.1, -0.05) is 13.0 Å². The number of amides is 2. The summed E-state index contributed by atoms with van der Waals surface area (Å²) in [6.07, 6.45) is -1.83. The highest BCUT2D eigenvalue weighted by Gasteiger charge is 2.76. The summed E-state index contributed by atoms with van der Waals surface area (Å²) in [5.74, 6) is -7.18. The van der Waals surface area contributed by atoms with E-state index in [1.165, 1.54) is 19.9 Å². The summed E-state index contributed by atoms with van der Waals surface area (Å²) in [7, 11) is 0. The fraction of sp³-hybridized carbons (Fsp3) is 0.590. The molecule has 5 rings (SSSR count). The number of ether oxygens (including phenoxy) is 2. The van der Waals surface area contributed by atoms with Crippen molar-refractivity contribution < 1.29 is 60.9 Å². The van der Waals surface area contributed by atoms with E-state index in [-0.39, 0.29) is 48.6 Å². The minimum absolute atomic E-state index is 0.0276. The zero-order valence-corrected chi connectivity index (χ0v) is 32.5. The number of rotatable bonds is 11. The molecule has 0 spiro atoms. The second-order valence-electron chi connectivity index (χ2n) is 16.3. The third-order valence-corrected chi connectivity index (χ3v) is 12.6. The van der Waals surface area contributed by atoms with Gasteiger partial charge in [-0.3, -0.25) is 24.0 Å². The van der Waals surface area contributed by atoms with Crippen molar-refractivity contribution in [3.8, 4) is 0 Å². The summed E-state index contributed by atoms with van der Waals surface area (Å²) < 4.78 is 73.8. The molecule has 17 heteroatoms. The van der Waals surface area contributed by atoms with Crippen LogP contribution in [0.1, 0.15) is 83.5 Å². The molecule has 4 aliphatic carbocycles. The Morgan fingerprint density at radius 3 is 2.48 bits per heavy atom. The number of halogens is 4. The van der Waals surface area contributed by atoms with Gasteiger partial charge >= 0.3 is 11.9 Å². The molecule has 0 radical (unpaired) electrons. The maximum absolute atomic E-state index is 17.7. The van der Waals surface area contributed by atoms with Crippen molar-refractivity contribution in [2.75, 3.05) is 17.9 Å². The summed E-state index contributed by atoms with van der Waals surface area (Å²) >= 11 is 0.217. The number of nitrogens with one attached hydrogen (secondary N) is 2. The smallest absolute Gasteiger partial charge is 0.339 e. The molecule has 4 aliphatic rings. The molecule has 306 valence electrons. The van der Waals surface area contributed by atoms with Crippen molar-refractivity contribution in [3.63, 3.8) is 0 Å². The number of carbonyl (C=O) groups excluding carboxylic acids is 6. The normalized spacial score (nSPS) is 32.6. The van der Waals surface area contributed by atoms with Crippen LogP contribution in [-0.2, 0) is 33.4 Å². The van der Waals surface area contributed by atoms with Gasteiger partial charge in [0.1, 0.15) is 29.6 Å². The van der Waals surface area contributed by atoms with Crippen molar-refractivity contribution in [2.45, 2.75) is 108 Å². The Morgan fingerprint density at radius 1 is 1.14 bits per heavy atom. The SMILES string of the molecule is CC(C)(C)OC(=O)CC[C@H](NC(=O)CN)C(=O)Nc1cc(C(=O)OC2(C(=O)SCF)CCC3C4CC(F)C5=CC(=O)C=CC5(C)C4(F)C(O)CC32C)ccc1F. The van der Waals surface area contributed by atoms with Crippen LogP contribution < -0.4 is 16.4 Å². The largest absolute Gasteiger partial charge is 0.460 e. The lowest BCUT2D eigenvalue weighted by Gasteiger charge is -2.63. The zero-order valence-electron chi connectivity index (χ0n) is 31.7. The third kappa shape index (κ3) is 7.53. The highest BCUT2D eigenvalue weighted by atomic mass is 32.2. The molecule has 3 fully saturated rings. The monoisotopic (exact) mass is 809 g/mol. The molecule has 0 aliphatic heterocycles. The van der Waals surface area contributed by atoms with Crippen molar-refractivity contribution in [2.24, 2.45) is 28.4 Å². The molecular weight excluding hydrogens is 762 g/mol. The maximum atomic E-state index is 17.7. The quantitative estimate of drug-likeness (QED) is 0.179. The second kappa shape index (κ2) is 15.7. The van der Waals surface area contributed by atoms with Gasteiger partial charge in [0.25, 0.3) is 0 Å². The number of hydrogen-bond donors (Lipinski definition) is 4. The summed E-state index contributed by atoms with van der Waals surface area (Å²) in [6, 6.07) is 0.177. The van der Waals surface area contributed by atoms with Crippen molar-refractivity contribution in [3.05, 3.63) is 53.4 Å². The first-order chi connectivity index (χ1) is 26.1. The molecule has 12 nitrogen and oxygen atoms in total. The number of aliphatic hydroxyl groups excluding tert-OH is 1. The van der Waals surface area contributed by atoms with E-state index in [0.717, 1.165) is 30.4 Å². The molecule has 2 amide bonds. The highest BCUT2D eigenvalue weighted by Crippen LogP contribution is 2.71. The van der Waals surface area contributed by atoms with Gasteiger partial charge in [0.2, 0.25) is 16.9 Å². The van der Waals surface area contributed by atoms with E-state index in [9.17, 15) is 38.3 Å². The number of hydrogen-bond acceptors (Lipinski definition) is 11. The Balaban J connectivity index is 1.43. The first-order valence-corrected chi connectivity index (χ1v) is 19.3. The predicted molar refractivity (Wildman–Crippen MR) is 196 cm³/mol. The Bertz CT molecular complexity index is 1870. The standard InChI is InChI=1S/C39H47F4N3O9S/c1-35(2,3)54-31(50)9-8-27(45-30(49)18-44)32(51)46-28-14-20(6-7-25(28)41)33(52)55-38(34(53)56-19-40)13-11-22-23-16-26(42)24-15-21(47)10-12-36(24,4)39(23,43)29(48)17-37(22,38)5/h6-7,10,12,14-15,22-23,26-27,29,48H,8-9,11,13,16-19,44H2,1-5H3,(H,45,49)(H,46,51)/t22?,23?,26?,27-,29?,36?,37?,38?,39?/m0/s1. The van der Waals surface area contributed by atoms with Crippen LogP contribution in [0, 0.1) is 28.5 Å². The Labute approximate surface area is 325 Å². The van der Waals surface area contributed by atoms with Gasteiger partial charge in [0, 0.05) is 23.2 Å². The molecule has 5 N–H and O–H groups in total. The molecular formula is C39H47F4N3O9S. The average Bonchev–Trinajstić information content (AvgIpc) is 3.40. The molecule has 1 aromatic carbocycles. The average molecular weight is 810 g/mol. The van der Waals surface area contributed by atoms with Gasteiger partial charge in [-0.25, -0.2) is 22.4 Å². The first-order valence-electron chi connectivity index (χ1n) is 18.3. The number of anilines is 1. The first kappa shape index (κ1) is 43.0. The lowest BCUT2D eigenvalue weighted by atomic mass is 9.44. The number of benzene rings is 1. The Hall–Kier alpha value is -4.09. The molecule has 3 saturated carbocycles. The fourth-order valence-electron chi connectivity index (χ4n) is 9.26.